The highest BCUT2D eigenvalue weighted by Gasteiger charge is 2.23. The van der Waals surface area contributed by atoms with Gasteiger partial charge in [0.25, 0.3) is 5.91 Å². The summed E-state index contributed by atoms with van der Waals surface area (Å²) < 4.78 is 1.06. The van der Waals surface area contributed by atoms with E-state index in [9.17, 15) is 4.79 Å². The zero-order valence-electron chi connectivity index (χ0n) is 14.2. The molecular weight excluding hydrogens is 344 g/mol. The number of fused-ring (bicyclic) bond motifs is 1. The number of para-hydroxylation sites is 1. The van der Waals surface area contributed by atoms with Crippen molar-refractivity contribution >= 4 is 32.6 Å². The largest absolute Gasteiger partial charge is 0.280 e. The quantitative estimate of drug-likeness (QED) is 0.546. The van der Waals surface area contributed by atoms with Crippen LogP contribution in [0, 0.1) is 6.92 Å². The summed E-state index contributed by atoms with van der Waals surface area (Å²) in [7, 11) is 0. The van der Waals surface area contributed by atoms with Crippen LogP contribution in [0.2, 0.25) is 0 Å². The average Bonchev–Trinajstić information content (AvgIpc) is 3.12. The third-order valence-corrected chi connectivity index (χ3v) is 5.09. The number of nitrogens with zero attached hydrogens (tertiary/aromatic N) is 4. The number of aryl methyl sites for hydroxylation is 1. The molecule has 0 atom stereocenters. The first kappa shape index (κ1) is 16.4. The first-order chi connectivity index (χ1) is 12.7. The second-order valence-corrected chi connectivity index (χ2v) is 6.89. The van der Waals surface area contributed by atoms with E-state index >= 15 is 0 Å². The van der Waals surface area contributed by atoms with Crippen LogP contribution in [0.3, 0.4) is 0 Å². The molecule has 0 aliphatic heterocycles. The van der Waals surface area contributed by atoms with Crippen LogP contribution in [0.15, 0.2) is 67.1 Å². The third-order valence-electron chi connectivity index (χ3n) is 4.05. The Balaban J connectivity index is 1.78. The Hall–Kier alpha value is -3.12. The molecule has 0 N–H and O–H groups in total. The molecule has 2 heterocycles. The minimum absolute atomic E-state index is 0.210. The minimum Gasteiger partial charge on any atom is -0.278 e. The first-order valence-electron chi connectivity index (χ1n) is 8.20. The number of benzene rings is 2. The second-order valence-electron chi connectivity index (χ2n) is 5.89. The van der Waals surface area contributed by atoms with Crippen molar-refractivity contribution in [3.05, 3.63) is 83.9 Å². The van der Waals surface area contributed by atoms with Gasteiger partial charge in [-0.25, -0.2) is 9.97 Å². The highest BCUT2D eigenvalue weighted by atomic mass is 32.1. The van der Waals surface area contributed by atoms with Crippen molar-refractivity contribution in [2.24, 2.45) is 0 Å². The topological polar surface area (TPSA) is 59.0 Å². The Bertz CT molecular complexity index is 1050. The zero-order valence-corrected chi connectivity index (χ0v) is 15.0. The van der Waals surface area contributed by atoms with E-state index in [0.29, 0.717) is 17.4 Å². The van der Waals surface area contributed by atoms with Crippen LogP contribution < -0.4 is 4.90 Å². The van der Waals surface area contributed by atoms with E-state index in [0.717, 1.165) is 21.3 Å². The molecule has 2 aromatic carbocycles. The molecule has 0 spiro atoms. The molecule has 4 rings (SSSR count). The predicted molar refractivity (Wildman–Crippen MR) is 103 cm³/mol. The maximum Gasteiger partial charge on any atom is 0.280 e. The molecule has 4 aromatic rings. The molecule has 0 aliphatic carbocycles. The lowest BCUT2D eigenvalue weighted by molar-refractivity contribution is 0.0980. The summed E-state index contributed by atoms with van der Waals surface area (Å²) >= 11 is 1.51. The Kier molecular flexibility index (Phi) is 4.41. The van der Waals surface area contributed by atoms with Crippen molar-refractivity contribution in [3.63, 3.8) is 0 Å². The fourth-order valence-corrected chi connectivity index (χ4v) is 3.77. The molecule has 0 bridgehead atoms. The minimum atomic E-state index is -0.210. The molecule has 0 saturated carbocycles. The van der Waals surface area contributed by atoms with Gasteiger partial charge in [-0.2, -0.15) is 0 Å². The summed E-state index contributed by atoms with van der Waals surface area (Å²) in [5, 5.41) is 0.661. The summed E-state index contributed by atoms with van der Waals surface area (Å²) in [5.74, 6) is -0.210. The van der Waals surface area contributed by atoms with Gasteiger partial charge in [-0.05, 0) is 24.1 Å². The lowest BCUT2D eigenvalue weighted by Gasteiger charge is -2.19. The predicted octanol–water partition coefficient (Wildman–Crippen LogP) is 4.24. The van der Waals surface area contributed by atoms with Gasteiger partial charge >= 0.3 is 0 Å². The van der Waals surface area contributed by atoms with E-state index < -0.39 is 0 Å². The molecule has 0 unspecified atom stereocenters. The van der Waals surface area contributed by atoms with E-state index in [1.54, 1.807) is 11.1 Å². The number of anilines is 1. The van der Waals surface area contributed by atoms with Crippen molar-refractivity contribution in [1.29, 1.82) is 0 Å². The van der Waals surface area contributed by atoms with Crippen LogP contribution >= 0.6 is 11.3 Å². The molecular formula is C20H16N4OS. The Morgan fingerprint density at radius 2 is 1.92 bits per heavy atom. The van der Waals surface area contributed by atoms with Crippen molar-refractivity contribution in [2.45, 2.75) is 13.5 Å². The number of amides is 1. The lowest BCUT2D eigenvalue weighted by Crippen LogP contribution is -2.31. The molecule has 0 saturated heterocycles. The molecule has 1 amide bonds. The van der Waals surface area contributed by atoms with Crippen LogP contribution in [-0.2, 0) is 6.54 Å². The molecule has 0 aliphatic rings. The summed E-state index contributed by atoms with van der Waals surface area (Å²) in [5.41, 5.74) is 3.36. The van der Waals surface area contributed by atoms with Crippen molar-refractivity contribution in [1.82, 2.24) is 15.0 Å². The molecule has 0 radical (unpaired) electrons. The number of rotatable bonds is 4. The summed E-state index contributed by atoms with van der Waals surface area (Å²) in [6, 6.07) is 15.9. The van der Waals surface area contributed by atoms with Gasteiger partial charge in [0.15, 0.2) is 5.13 Å². The highest BCUT2D eigenvalue weighted by Crippen LogP contribution is 2.32. The first-order valence-corrected chi connectivity index (χ1v) is 9.02. The smallest absolute Gasteiger partial charge is 0.278 e. The number of carbonyl (C=O) groups excluding carboxylic acids is 1. The molecule has 6 heteroatoms. The number of aromatic nitrogens is 3. The number of hydrogen-bond donors (Lipinski definition) is 0. The lowest BCUT2D eigenvalue weighted by atomic mass is 10.2. The van der Waals surface area contributed by atoms with Crippen LogP contribution in [-0.4, -0.2) is 20.9 Å². The summed E-state index contributed by atoms with van der Waals surface area (Å²) in [6.07, 6.45) is 4.56. The van der Waals surface area contributed by atoms with Crippen LogP contribution in [0.5, 0.6) is 0 Å². The SMILES string of the molecule is Cc1cccc2sc(N(Cc3ccccc3)C(=O)c3cnccn3)nc12. The number of thiazole rings is 1. The second kappa shape index (κ2) is 7.01. The van der Waals surface area contributed by atoms with Gasteiger partial charge in [0.1, 0.15) is 5.69 Å². The van der Waals surface area contributed by atoms with Gasteiger partial charge in [0, 0.05) is 12.4 Å². The molecule has 0 fully saturated rings. The van der Waals surface area contributed by atoms with E-state index in [2.05, 4.69) is 9.97 Å². The number of hydrogen-bond acceptors (Lipinski definition) is 5. The van der Waals surface area contributed by atoms with Crippen LogP contribution in [0.4, 0.5) is 5.13 Å². The van der Waals surface area contributed by atoms with E-state index in [4.69, 9.17) is 4.98 Å². The van der Waals surface area contributed by atoms with Gasteiger partial charge in [-0.3, -0.25) is 14.7 Å². The van der Waals surface area contributed by atoms with Gasteiger partial charge < -0.3 is 0 Å². The number of carbonyl (C=O) groups is 1. The Labute approximate surface area is 155 Å². The van der Waals surface area contributed by atoms with Gasteiger partial charge in [-0.15, -0.1) is 0 Å². The summed E-state index contributed by atoms with van der Waals surface area (Å²) in [6.45, 7) is 2.45. The zero-order chi connectivity index (χ0) is 17.9. The monoisotopic (exact) mass is 360 g/mol. The standard InChI is InChI=1S/C20H16N4OS/c1-14-6-5-9-17-18(14)23-20(26-17)24(13-15-7-3-2-4-8-15)19(25)16-12-21-10-11-22-16/h2-12H,13H2,1H3. The summed E-state index contributed by atoms with van der Waals surface area (Å²) in [4.78, 5) is 27.7. The van der Waals surface area contributed by atoms with E-state index in [1.807, 2.05) is 55.5 Å². The maximum atomic E-state index is 13.1. The maximum absolute atomic E-state index is 13.1. The van der Waals surface area contributed by atoms with Gasteiger partial charge in [0.05, 0.1) is 23.0 Å². The van der Waals surface area contributed by atoms with Crippen molar-refractivity contribution in [2.75, 3.05) is 4.90 Å². The van der Waals surface area contributed by atoms with Gasteiger partial charge in [0.2, 0.25) is 0 Å². The molecule has 5 nitrogen and oxygen atoms in total. The normalized spacial score (nSPS) is 10.8. The third kappa shape index (κ3) is 3.19. The Morgan fingerprint density at radius 1 is 1.08 bits per heavy atom. The van der Waals surface area contributed by atoms with Crippen LogP contribution in [0.1, 0.15) is 21.6 Å². The van der Waals surface area contributed by atoms with Crippen molar-refractivity contribution < 1.29 is 4.79 Å². The molecule has 26 heavy (non-hydrogen) atoms. The fraction of sp³-hybridized carbons (Fsp3) is 0.100. The highest BCUT2D eigenvalue weighted by molar-refractivity contribution is 7.22. The van der Waals surface area contributed by atoms with Crippen molar-refractivity contribution in [3.8, 4) is 0 Å². The molecule has 128 valence electrons. The fourth-order valence-electron chi connectivity index (χ4n) is 2.73. The molecule has 2 aromatic heterocycles. The van der Waals surface area contributed by atoms with Crippen LogP contribution in [0.25, 0.3) is 10.2 Å². The average molecular weight is 360 g/mol. The van der Waals surface area contributed by atoms with Gasteiger partial charge in [-0.1, -0.05) is 53.8 Å². The van der Waals surface area contributed by atoms with E-state index in [1.165, 1.54) is 23.7 Å². The Morgan fingerprint density at radius 3 is 2.65 bits per heavy atom. The van der Waals surface area contributed by atoms with E-state index in [-0.39, 0.29) is 5.91 Å².